The minimum atomic E-state index is -0.678. The third kappa shape index (κ3) is 4.86. The van der Waals surface area contributed by atoms with Crippen LogP contribution in [-0.2, 0) is 22.6 Å². The Labute approximate surface area is 181 Å². The SMILES string of the molecule is CN1CCCC1C(=O)N[C@@H](Cc1c[nH]c2ccccc12)C(=O)NCc1ccc(N)nc1. The van der Waals surface area contributed by atoms with E-state index in [2.05, 4.69) is 20.6 Å². The van der Waals surface area contributed by atoms with Crippen LogP contribution < -0.4 is 16.4 Å². The standard InChI is InChI=1S/C23H28N6O2/c1-29-10-4-7-20(29)23(31)28-19(11-16-14-25-18-6-3-2-5-17(16)18)22(30)27-13-15-8-9-21(24)26-12-15/h2-3,5-6,8-9,12,14,19-20,25H,4,7,10-11,13H2,1H3,(H2,24,26)(H,27,30)(H,28,31)/t19-,20?/m0/s1. The van der Waals surface area contributed by atoms with E-state index in [1.54, 1.807) is 12.3 Å². The summed E-state index contributed by atoms with van der Waals surface area (Å²) in [5.41, 5.74) is 8.46. The highest BCUT2D eigenvalue weighted by molar-refractivity contribution is 5.91. The van der Waals surface area contributed by atoms with E-state index in [4.69, 9.17) is 5.73 Å². The number of likely N-dealkylation sites (N-methyl/N-ethyl adjacent to an activating group) is 1. The van der Waals surface area contributed by atoms with Gasteiger partial charge in [-0.15, -0.1) is 0 Å². The van der Waals surface area contributed by atoms with Gasteiger partial charge < -0.3 is 21.4 Å². The van der Waals surface area contributed by atoms with E-state index in [1.807, 2.05) is 48.5 Å². The summed E-state index contributed by atoms with van der Waals surface area (Å²) in [7, 11) is 1.94. The number of carbonyl (C=O) groups excluding carboxylic acids is 2. The molecule has 1 aliphatic rings. The number of H-pyrrole nitrogens is 1. The van der Waals surface area contributed by atoms with Gasteiger partial charge in [-0.1, -0.05) is 24.3 Å². The fraction of sp³-hybridized carbons (Fsp3) is 0.348. The Morgan fingerprint density at radius 1 is 1.29 bits per heavy atom. The van der Waals surface area contributed by atoms with E-state index in [9.17, 15) is 9.59 Å². The number of hydrogen-bond donors (Lipinski definition) is 4. The number of amides is 2. The van der Waals surface area contributed by atoms with E-state index in [1.165, 1.54) is 0 Å². The average Bonchev–Trinajstić information content (AvgIpc) is 3.39. The van der Waals surface area contributed by atoms with Crippen molar-refractivity contribution in [2.24, 2.45) is 0 Å². The van der Waals surface area contributed by atoms with Crippen molar-refractivity contribution in [1.29, 1.82) is 0 Å². The number of hydrogen-bond acceptors (Lipinski definition) is 5. The molecule has 2 amide bonds. The van der Waals surface area contributed by atoms with Crippen molar-refractivity contribution in [3.05, 3.63) is 59.9 Å². The van der Waals surface area contributed by atoms with Gasteiger partial charge in [0, 0.05) is 36.3 Å². The van der Waals surface area contributed by atoms with Gasteiger partial charge in [0.1, 0.15) is 11.9 Å². The number of pyridine rings is 1. The van der Waals surface area contributed by atoms with Crippen LogP contribution in [0.15, 0.2) is 48.8 Å². The molecule has 0 aliphatic carbocycles. The molecule has 1 unspecified atom stereocenters. The van der Waals surface area contributed by atoms with Gasteiger partial charge in [-0.3, -0.25) is 14.5 Å². The maximum absolute atomic E-state index is 13.1. The maximum atomic E-state index is 13.1. The maximum Gasteiger partial charge on any atom is 0.243 e. The fourth-order valence-electron chi connectivity index (χ4n) is 4.09. The number of likely N-dealkylation sites (tertiary alicyclic amines) is 1. The van der Waals surface area contributed by atoms with Gasteiger partial charge >= 0.3 is 0 Å². The van der Waals surface area contributed by atoms with E-state index in [0.29, 0.717) is 18.8 Å². The highest BCUT2D eigenvalue weighted by Crippen LogP contribution is 2.20. The van der Waals surface area contributed by atoms with Crippen molar-refractivity contribution in [3.8, 4) is 0 Å². The lowest BCUT2D eigenvalue weighted by molar-refractivity contribution is -0.131. The first-order chi connectivity index (χ1) is 15.0. The summed E-state index contributed by atoms with van der Waals surface area (Å²) in [5, 5.41) is 6.97. The van der Waals surface area contributed by atoms with Gasteiger partial charge in [-0.05, 0) is 49.7 Å². The number of rotatable bonds is 7. The number of benzene rings is 1. The molecule has 5 N–H and O–H groups in total. The molecule has 1 saturated heterocycles. The first-order valence-electron chi connectivity index (χ1n) is 10.5. The summed E-state index contributed by atoms with van der Waals surface area (Å²) in [5.74, 6) is 0.102. The molecular weight excluding hydrogens is 392 g/mol. The third-order valence-electron chi connectivity index (χ3n) is 5.87. The number of para-hydroxylation sites is 1. The zero-order valence-corrected chi connectivity index (χ0v) is 17.6. The minimum absolute atomic E-state index is 0.103. The number of carbonyl (C=O) groups is 2. The van der Waals surface area contributed by atoms with Gasteiger partial charge in [0.25, 0.3) is 0 Å². The number of nitrogens with two attached hydrogens (primary N) is 1. The number of fused-ring (bicyclic) bond motifs is 1. The van der Waals surface area contributed by atoms with Gasteiger partial charge in [-0.2, -0.15) is 0 Å². The Morgan fingerprint density at radius 2 is 2.13 bits per heavy atom. The summed E-state index contributed by atoms with van der Waals surface area (Å²) in [6, 6.07) is 10.6. The monoisotopic (exact) mass is 420 g/mol. The van der Waals surface area contributed by atoms with Crippen molar-refractivity contribution < 1.29 is 9.59 Å². The highest BCUT2D eigenvalue weighted by Gasteiger charge is 2.31. The minimum Gasteiger partial charge on any atom is -0.384 e. The van der Waals surface area contributed by atoms with Gasteiger partial charge in [0.15, 0.2) is 0 Å². The number of aromatic amines is 1. The Bertz CT molecular complexity index is 1060. The van der Waals surface area contributed by atoms with Crippen LogP contribution in [-0.4, -0.2) is 52.4 Å². The molecule has 2 aromatic heterocycles. The van der Waals surface area contributed by atoms with Crippen LogP contribution in [0.1, 0.15) is 24.0 Å². The van der Waals surface area contributed by atoms with E-state index in [0.717, 1.165) is 41.4 Å². The molecule has 1 fully saturated rings. The molecule has 0 spiro atoms. The van der Waals surface area contributed by atoms with Crippen LogP contribution >= 0.6 is 0 Å². The summed E-state index contributed by atoms with van der Waals surface area (Å²) in [6.07, 6.45) is 5.73. The molecule has 0 radical (unpaired) electrons. The third-order valence-corrected chi connectivity index (χ3v) is 5.87. The van der Waals surface area contributed by atoms with Crippen molar-refractivity contribution in [3.63, 3.8) is 0 Å². The Hall–Kier alpha value is -3.39. The smallest absolute Gasteiger partial charge is 0.243 e. The molecule has 8 heteroatoms. The average molecular weight is 421 g/mol. The first-order valence-corrected chi connectivity index (χ1v) is 10.5. The molecule has 1 aliphatic heterocycles. The molecule has 3 heterocycles. The Balaban J connectivity index is 1.50. The van der Waals surface area contributed by atoms with Crippen LogP contribution in [0.25, 0.3) is 10.9 Å². The van der Waals surface area contributed by atoms with Crippen LogP contribution in [0.5, 0.6) is 0 Å². The summed E-state index contributed by atoms with van der Waals surface area (Å²) >= 11 is 0. The number of nitrogens with zero attached hydrogens (tertiary/aromatic N) is 2. The van der Waals surface area contributed by atoms with Crippen LogP contribution in [0, 0.1) is 0 Å². The molecule has 4 rings (SSSR count). The molecule has 162 valence electrons. The molecule has 0 saturated carbocycles. The van der Waals surface area contributed by atoms with E-state index in [-0.39, 0.29) is 17.9 Å². The summed E-state index contributed by atoms with van der Waals surface area (Å²) in [4.78, 5) is 35.3. The lowest BCUT2D eigenvalue weighted by Crippen LogP contribution is -2.52. The Morgan fingerprint density at radius 3 is 2.87 bits per heavy atom. The summed E-state index contributed by atoms with van der Waals surface area (Å²) in [6.45, 7) is 1.21. The summed E-state index contributed by atoms with van der Waals surface area (Å²) < 4.78 is 0. The molecule has 8 nitrogen and oxygen atoms in total. The zero-order valence-electron chi connectivity index (χ0n) is 17.6. The lowest BCUT2D eigenvalue weighted by atomic mass is 10.0. The second kappa shape index (κ2) is 9.18. The largest absolute Gasteiger partial charge is 0.384 e. The van der Waals surface area contributed by atoms with Crippen molar-refractivity contribution >= 4 is 28.5 Å². The zero-order chi connectivity index (χ0) is 21.8. The molecule has 1 aromatic carbocycles. The Kier molecular flexibility index (Phi) is 6.18. The van der Waals surface area contributed by atoms with Gasteiger partial charge in [0.2, 0.25) is 11.8 Å². The van der Waals surface area contributed by atoms with Crippen molar-refractivity contribution in [1.82, 2.24) is 25.5 Å². The molecule has 3 aromatic rings. The van der Waals surface area contributed by atoms with Crippen LogP contribution in [0.4, 0.5) is 5.82 Å². The predicted octanol–water partition coefficient (Wildman–Crippen LogP) is 1.58. The topological polar surface area (TPSA) is 116 Å². The second-order valence-electron chi connectivity index (χ2n) is 8.07. The second-order valence-corrected chi connectivity index (χ2v) is 8.07. The molecular formula is C23H28N6O2. The highest BCUT2D eigenvalue weighted by atomic mass is 16.2. The number of aromatic nitrogens is 2. The fourth-order valence-corrected chi connectivity index (χ4v) is 4.09. The van der Waals surface area contributed by atoms with Crippen LogP contribution in [0.2, 0.25) is 0 Å². The predicted molar refractivity (Wildman–Crippen MR) is 120 cm³/mol. The lowest BCUT2D eigenvalue weighted by Gasteiger charge is -2.23. The van der Waals surface area contributed by atoms with Gasteiger partial charge in [0.05, 0.1) is 6.04 Å². The first kappa shape index (κ1) is 20.9. The quantitative estimate of drug-likeness (QED) is 0.463. The van der Waals surface area contributed by atoms with E-state index < -0.39 is 6.04 Å². The number of nitrogens with one attached hydrogen (secondary N) is 3. The van der Waals surface area contributed by atoms with Gasteiger partial charge in [-0.25, -0.2) is 4.98 Å². The number of anilines is 1. The molecule has 31 heavy (non-hydrogen) atoms. The normalized spacial score (nSPS) is 17.5. The van der Waals surface area contributed by atoms with Crippen molar-refractivity contribution in [2.75, 3.05) is 19.3 Å². The van der Waals surface area contributed by atoms with E-state index >= 15 is 0 Å². The van der Waals surface area contributed by atoms with Crippen molar-refractivity contribution in [2.45, 2.75) is 37.9 Å². The number of nitrogen functional groups attached to an aromatic ring is 1. The van der Waals surface area contributed by atoms with Crippen LogP contribution in [0.3, 0.4) is 0 Å². The molecule has 2 atom stereocenters. The molecule has 0 bridgehead atoms.